The molecule has 1 N–H and O–H groups in total. The average Bonchev–Trinajstić information content (AvgIpc) is 2.50. The number of ether oxygens (including phenoxy) is 1. The Hall–Kier alpha value is -2.04. The third-order valence-electron chi connectivity index (χ3n) is 2.80. The van der Waals surface area contributed by atoms with E-state index in [1.54, 1.807) is 30.3 Å². The maximum Gasteiger partial charge on any atom is 0.277 e. The van der Waals surface area contributed by atoms with E-state index in [4.69, 9.17) is 27.9 Å². The molecule has 0 saturated carbocycles. The van der Waals surface area contributed by atoms with Gasteiger partial charge in [0.2, 0.25) is 0 Å². The molecule has 0 aliphatic carbocycles. The van der Waals surface area contributed by atoms with Gasteiger partial charge in [-0.2, -0.15) is 5.10 Å². The molecular formula is C16H14Cl2N2O2. The number of nitrogens with one attached hydrogen (secondary N) is 1. The molecule has 0 fully saturated rings. The lowest BCUT2D eigenvalue weighted by Crippen LogP contribution is -2.24. The zero-order valence-electron chi connectivity index (χ0n) is 11.8. The molecule has 0 spiro atoms. The number of aryl methyl sites for hydroxylation is 1. The highest BCUT2D eigenvalue weighted by atomic mass is 35.5. The summed E-state index contributed by atoms with van der Waals surface area (Å²) in [6, 6.07) is 12.4. The first kappa shape index (κ1) is 16.3. The molecule has 22 heavy (non-hydrogen) atoms. The molecule has 2 rings (SSSR count). The van der Waals surface area contributed by atoms with Crippen LogP contribution in [0.15, 0.2) is 47.6 Å². The summed E-state index contributed by atoms with van der Waals surface area (Å²) in [7, 11) is 0. The van der Waals surface area contributed by atoms with Gasteiger partial charge in [-0.25, -0.2) is 5.43 Å². The second kappa shape index (κ2) is 7.82. The van der Waals surface area contributed by atoms with Gasteiger partial charge in [0.1, 0.15) is 5.75 Å². The topological polar surface area (TPSA) is 50.7 Å². The van der Waals surface area contributed by atoms with Gasteiger partial charge in [0, 0.05) is 15.6 Å². The molecule has 2 aromatic rings. The molecule has 0 heterocycles. The van der Waals surface area contributed by atoms with E-state index in [2.05, 4.69) is 10.5 Å². The third-order valence-corrected chi connectivity index (χ3v) is 3.57. The number of hydrazone groups is 1. The maximum atomic E-state index is 11.6. The fourth-order valence-corrected chi connectivity index (χ4v) is 1.94. The molecule has 0 bridgehead atoms. The molecule has 114 valence electrons. The van der Waals surface area contributed by atoms with Crippen molar-refractivity contribution in [3.63, 3.8) is 0 Å². The summed E-state index contributed by atoms with van der Waals surface area (Å²) in [5, 5.41) is 5.05. The normalized spacial score (nSPS) is 10.7. The van der Waals surface area contributed by atoms with Crippen molar-refractivity contribution in [2.45, 2.75) is 6.92 Å². The zero-order valence-corrected chi connectivity index (χ0v) is 13.4. The Kier molecular flexibility index (Phi) is 5.81. The number of hydrogen-bond acceptors (Lipinski definition) is 3. The number of carbonyl (C=O) groups is 1. The van der Waals surface area contributed by atoms with Gasteiger partial charge in [-0.15, -0.1) is 0 Å². The predicted octanol–water partition coefficient (Wildman–Crippen LogP) is 3.83. The molecule has 4 nitrogen and oxygen atoms in total. The fourth-order valence-electron chi connectivity index (χ4n) is 1.64. The number of amides is 1. The van der Waals surface area contributed by atoms with Crippen molar-refractivity contribution >= 4 is 35.3 Å². The quantitative estimate of drug-likeness (QED) is 0.666. The summed E-state index contributed by atoms with van der Waals surface area (Å²) in [6.07, 6.45) is 1.48. The van der Waals surface area contributed by atoms with Crippen LogP contribution in [-0.2, 0) is 4.79 Å². The Balaban J connectivity index is 1.83. The molecule has 0 aliphatic heterocycles. The van der Waals surface area contributed by atoms with Crippen molar-refractivity contribution in [2.24, 2.45) is 5.10 Å². The van der Waals surface area contributed by atoms with Gasteiger partial charge >= 0.3 is 0 Å². The van der Waals surface area contributed by atoms with Crippen LogP contribution < -0.4 is 10.2 Å². The number of halogens is 2. The van der Waals surface area contributed by atoms with E-state index in [-0.39, 0.29) is 12.5 Å². The molecule has 1 amide bonds. The van der Waals surface area contributed by atoms with Crippen LogP contribution in [0, 0.1) is 6.92 Å². The minimum atomic E-state index is -0.365. The Morgan fingerprint density at radius 1 is 1.23 bits per heavy atom. The van der Waals surface area contributed by atoms with Crippen molar-refractivity contribution in [1.29, 1.82) is 0 Å². The number of benzene rings is 2. The first-order chi connectivity index (χ1) is 10.6. The summed E-state index contributed by atoms with van der Waals surface area (Å²) in [6.45, 7) is 1.73. The Morgan fingerprint density at radius 2 is 2.00 bits per heavy atom. The van der Waals surface area contributed by atoms with E-state index in [0.717, 1.165) is 11.1 Å². The molecule has 0 radical (unpaired) electrons. The summed E-state index contributed by atoms with van der Waals surface area (Å²) in [5.41, 5.74) is 3.98. The number of rotatable bonds is 5. The highest BCUT2D eigenvalue weighted by Crippen LogP contribution is 2.20. The van der Waals surface area contributed by atoms with Crippen LogP contribution in [-0.4, -0.2) is 18.7 Å². The second-order valence-electron chi connectivity index (χ2n) is 4.51. The van der Waals surface area contributed by atoms with Crippen LogP contribution in [0.25, 0.3) is 0 Å². The third kappa shape index (κ3) is 4.76. The molecule has 0 atom stereocenters. The fraction of sp³-hybridized carbons (Fsp3) is 0.125. The van der Waals surface area contributed by atoms with Gasteiger partial charge in [-0.05, 0) is 36.8 Å². The lowest BCUT2D eigenvalue weighted by Gasteiger charge is -2.06. The minimum Gasteiger partial charge on any atom is -0.484 e. The van der Waals surface area contributed by atoms with Crippen LogP contribution in [0.2, 0.25) is 10.0 Å². The van der Waals surface area contributed by atoms with E-state index >= 15 is 0 Å². The monoisotopic (exact) mass is 336 g/mol. The van der Waals surface area contributed by atoms with Gasteiger partial charge < -0.3 is 4.74 Å². The highest BCUT2D eigenvalue weighted by molar-refractivity contribution is 6.33. The largest absolute Gasteiger partial charge is 0.484 e. The average molecular weight is 337 g/mol. The Bertz CT molecular complexity index is 702. The van der Waals surface area contributed by atoms with Gasteiger partial charge in [0.15, 0.2) is 6.61 Å². The Labute approximate surface area is 138 Å². The summed E-state index contributed by atoms with van der Waals surface area (Å²) in [4.78, 5) is 11.6. The number of hydrogen-bond donors (Lipinski definition) is 1. The molecule has 0 aliphatic rings. The smallest absolute Gasteiger partial charge is 0.277 e. The van der Waals surface area contributed by atoms with E-state index in [9.17, 15) is 4.79 Å². The van der Waals surface area contributed by atoms with Crippen molar-refractivity contribution < 1.29 is 9.53 Å². The van der Waals surface area contributed by atoms with E-state index in [0.29, 0.717) is 15.8 Å². The lowest BCUT2D eigenvalue weighted by molar-refractivity contribution is -0.123. The first-order valence-corrected chi connectivity index (χ1v) is 7.27. The van der Waals surface area contributed by atoms with Crippen LogP contribution in [0.3, 0.4) is 0 Å². The van der Waals surface area contributed by atoms with E-state index in [1.165, 1.54) is 6.21 Å². The van der Waals surface area contributed by atoms with Crippen molar-refractivity contribution in [3.05, 3.63) is 63.6 Å². The van der Waals surface area contributed by atoms with Crippen molar-refractivity contribution in [1.82, 2.24) is 5.43 Å². The second-order valence-corrected chi connectivity index (χ2v) is 5.33. The number of carbonyl (C=O) groups excluding carboxylic acids is 1. The van der Waals surface area contributed by atoms with Crippen LogP contribution in [0.1, 0.15) is 11.1 Å². The van der Waals surface area contributed by atoms with Gasteiger partial charge in [0.05, 0.1) is 6.21 Å². The predicted molar refractivity (Wildman–Crippen MR) is 88.9 cm³/mol. The van der Waals surface area contributed by atoms with Crippen molar-refractivity contribution in [2.75, 3.05) is 6.61 Å². The standard InChI is InChI=1S/C16H14Cl2N2O2/c1-11-8-13(6-7-14(11)17)22-10-16(21)20-19-9-12-4-2-3-5-15(12)18/h2-9H,10H2,1H3,(H,20,21). The molecule has 6 heteroatoms. The maximum absolute atomic E-state index is 11.6. The van der Waals surface area contributed by atoms with Crippen LogP contribution >= 0.6 is 23.2 Å². The summed E-state index contributed by atoms with van der Waals surface area (Å²) < 4.78 is 5.36. The van der Waals surface area contributed by atoms with Gasteiger partial charge in [-0.1, -0.05) is 41.4 Å². The first-order valence-electron chi connectivity index (χ1n) is 6.51. The number of nitrogens with zero attached hydrogens (tertiary/aromatic N) is 1. The van der Waals surface area contributed by atoms with Crippen LogP contribution in [0.4, 0.5) is 0 Å². The molecule has 2 aromatic carbocycles. The van der Waals surface area contributed by atoms with E-state index < -0.39 is 0 Å². The molecule has 0 unspecified atom stereocenters. The van der Waals surface area contributed by atoms with Crippen LogP contribution in [0.5, 0.6) is 5.75 Å². The summed E-state index contributed by atoms with van der Waals surface area (Å²) >= 11 is 11.9. The minimum absolute atomic E-state index is 0.138. The van der Waals surface area contributed by atoms with Crippen molar-refractivity contribution in [3.8, 4) is 5.75 Å². The summed E-state index contributed by atoms with van der Waals surface area (Å²) in [5.74, 6) is 0.211. The van der Waals surface area contributed by atoms with Gasteiger partial charge in [0.25, 0.3) is 5.91 Å². The molecule has 0 saturated heterocycles. The Morgan fingerprint density at radius 3 is 2.73 bits per heavy atom. The molecule has 0 aromatic heterocycles. The molecular weight excluding hydrogens is 323 g/mol. The highest BCUT2D eigenvalue weighted by Gasteiger charge is 2.03. The van der Waals surface area contributed by atoms with Gasteiger partial charge in [-0.3, -0.25) is 4.79 Å². The SMILES string of the molecule is Cc1cc(OCC(=O)NN=Cc2ccccc2Cl)ccc1Cl. The lowest BCUT2D eigenvalue weighted by atomic mass is 10.2. The zero-order chi connectivity index (χ0) is 15.9. The van der Waals surface area contributed by atoms with E-state index in [1.807, 2.05) is 19.1 Å².